The van der Waals surface area contributed by atoms with Crippen molar-refractivity contribution in [3.05, 3.63) is 47.0 Å². The maximum atomic E-state index is 11.6. The summed E-state index contributed by atoms with van der Waals surface area (Å²) in [5.41, 5.74) is 7.77. The molecular formula is C15H15ClN2O3. The van der Waals surface area contributed by atoms with Crippen LogP contribution in [-0.2, 0) is 4.74 Å². The van der Waals surface area contributed by atoms with Crippen LogP contribution in [0.1, 0.15) is 10.4 Å². The van der Waals surface area contributed by atoms with Gasteiger partial charge in [-0.15, -0.1) is 0 Å². The molecule has 2 aromatic rings. The lowest BCUT2D eigenvalue weighted by atomic mass is 10.1. The second kappa shape index (κ2) is 6.37. The molecule has 0 atom stereocenters. The van der Waals surface area contributed by atoms with E-state index in [1.807, 2.05) is 0 Å². The predicted octanol–water partition coefficient (Wildman–Crippen LogP) is 3.46. The third kappa shape index (κ3) is 3.20. The van der Waals surface area contributed by atoms with Crippen LogP contribution in [0.25, 0.3) is 0 Å². The minimum absolute atomic E-state index is 0.293. The predicted molar refractivity (Wildman–Crippen MR) is 83.5 cm³/mol. The first-order valence-corrected chi connectivity index (χ1v) is 6.52. The summed E-state index contributed by atoms with van der Waals surface area (Å²) in [5, 5.41) is 3.60. The van der Waals surface area contributed by atoms with E-state index in [9.17, 15) is 4.79 Å². The molecule has 2 rings (SSSR count). The van der Waals surface area contributed by atoms with Gasteiger partial charge in [-0.25, -0.2) is 4.79 Å². The number of esters is 1. The van der Waals surface area contributed by atoms with Gasteiger partial charge in [0.2, 0.25) is 0 Å². The first-order valence-electron chi connectivity index (χ1n) is 6.14. The molecule has 0 amide bonds. The molecule has 0 aliphatic heterocycles. The zero-order valence-corrected chi connectivity index (χ0v) is 12.4. The molecule has 0 unspecified atom stereocenters. The number of carbonyl (C=O) groups excluding carboxylic acids is 1. The van der Waals surface area contributed by atoms with Crippen molar-refractivity contribution in [3.8, 4) is 5.75 Å². The molecule has 3 N–H and O–H groups in total. The Bertz CT molecular complexity index is 674. The lowest BCUT2D eigenvalue weighted by Gasteiger charge is -2.14. The molecule has 0 radical (unpaired) electrons. The van der Waals surface area contributed by atoms with Crippen LogP contribution >= 0.6 is 11.6 Å². The average molecular weight is 307 g/mol. The van der Waals surface area contributed by atoms with Gasteiger partial charge in [0.1, 0.15) is 5.75 Å². The van der Waals surface area contributed by atoms with Crippen LogP contribution in [0, 0.1) is 0 Å². The molecule has 0 aromatic heterocycles. The Balaban J connectivity index is 2.38. The Kier molecular flexibility index (Phi) is 4.55. The molecule has 2 aromatic carbocycles. The van der Waals surface area contributed by atoms with E-state index < -0.39 is 5.97 Å². The van der Waals surface area contributed by atoms with Gasteiger partial charge in [-0.1, -0.05) is 17.7 Å². The van der Waals surface area contributed by atoms with Gasteiger partial charge < -0.3 is 20.5 Å². The highest BCUT2D eigenvalue weighted by molar-refractivity contribution is 6.33. The Labute approximate surface area is 127 Å². The minimum atomic E-state index is -0.493. The fourth-order valence-electron chi connectivity index (χ4n) is 1.83. The maximum Gasteiger partial charge on any atom is 0.340 e. The Morgan fingerprint density at radius 2 is 1.95 bits per heavy atom. The van der Waals surface area contributed by atoms with Gasteiger partial charge in [-0.2, -0.15) is 0 Å². The first-order chi connectivity index (χ1) is 10.1. The molecule has 110 valence electrons. The summed E-state index contributed by atoms with van der Waals surface area (Å²) in [6.07, 6.45) is 0. The summed E-state index contributed by atoms with van der Waals surface area (Å²) < 4.78 is 9.84. The lowest BCUT2D eigenvalue weighted by molar-refractivity contribution is 0.0602. The number of nitrogens with one attached hydrogen (secondary N) is 1. The molecule has 0 aliphatic carbocycles. The number of nitrogens with two attached hydrogens (primary N) is 1. The smallest absolute Gasteiger partial charge is 0.340 e. The number of methoxy groups -OCH3 is 2. The summed E-state index contributed by atoms with van der Waals surface area (Å²) in [5.74, 6) is 0.164. The molecule has 6 heteroatoms. The number of hydrogen-bond acceptors (Lipinski definition) is 5. The fraction of sp³-hybridized carbons (Fsp3) is 0.133. The van der Waals surface area contributed by atoms with E-state index in [2.05, 4.69) is 10.1 Å². The standard InChI is InChI=1S/C15H15ClN2O3/c1-20-9-6-7-11(16)13(8-9)18-12-5-3-4-10(14(12)17)15(19)21-2/h3-8,18H,17H2,1-2H3. The summed E-state index contributed by atoms with van der Waals surface area (Å²) in [4.78, 5) is 11.6. The van der Waals surface area contributed by atoms with Crippen molar-refractivity contribution in [1.29, 1.82) is 0 Å². The summed E-state index contributed by atoms with van der Waals surface area (Å²) in [6, 6.07) is 10.3. The molecule has 0 saturated heterocycles. The Morgan fingerprint density at radius 3 is 2.62 bits per heavy atom. The van der Waals surface area contributed by atoms with Crippen molar-refractivity contribution < 1.29 is 14.3 Å². The average Bonchev–Trinajstić information content (AvgIpc) is 2.50. The molecule has 0 heterocycles. The molecular weight excluding hydrogens is 292 g/mol. The molecule has 0 aliphatic rings. The molecule has 0 bridgehead atoms. The van der Waals surface area contributed by atoms with Gasteiger partial charge in [0.25, 0.3) is 0 Å². The van der Waals surface area contributed by atoms with E-state index in [1.165, 1.54) is 7.11 Å². The first kappa shape index (κ1) is 15.0. The molecule has 0 fully saturated rings. The van der Waals surface area contributed by atoms with E-state index in [-0.39, 0.29) is 0 Å². The Hall–Kier alpha value is -2.40. The van der Waals surface area contributed by atoms with Gasteiger partial charge in [-0.05, 0) is 24.3 Å². The third-order valence-electron chi connectivity index (χ3n) is 2.95. The van der Waals surface area contributed by atoms with Gasteiger partial charge in [0, 0.05) is 6.07 Å². The van der Waals surface area contributed by atoms with Crippen molar-refractivity contribution in [2.75, 3.05) is 25.3 Å². The molecule has 5 nitrogen and oxygen atoms in total. The Morgan fingerprint density at radius 1 is 1.19 bits per heavy atom. The summed E-state index contributed by atoms with van der Waals surface area (Å²) in [6.45, 7) is 0. The monoisotopic (exact) mass is 306 g/mol. The van der Waals surface area contributed by atoms with E-state index in [0.29, 0.717) is 33.4 Å². The number of anilines is 3. The zero-order valence-electron chi connectivity index (χ0n) is 11.6. The van der Waals surface area contributed by atoms with Gasteiger partial charge >= 0.3 is 5.97 Å². The number of ether oxygens (including phenoxy) is 2. The highest BCUT2D eigenvalue weighted by Gasteiger charge is 2.13. The van der Waals surface area contributed by atoms with Crippen LogP contribution in [0.5, 0.6) is 5.75 Å². The topological polar surface area (TPSA) is 73.6 Å². The number of nitrogen functional groups attached to an aromatic ring is 1. The number of hydrogen-bond donors (Lipinski definition) is 2. The van der Waals surface area contributed by atoms with Crippen LogP contribution in [0.4, 0.5) is 17.1 Å². The van der Waals surface area contributed by atoms with Crippen molar-refractivity contribution in [2.45, 2.75) is 0 Å². The third-order valence-corrected chi connectivity index (χ3v) is 3.28. The maximum absolute atomic E-state index is 11.6. The highest BCUT2D eigenvalue weighted by atomic mass is 35.5. The molecule has 0 saturated carbocycles. The number of rotatable bonds is 4. The van der Waals surface area contributed by atoms with E-state index >= 15 is 0 Å². The second-order valence-corrected chi connectivity index (χ2v) is 4.64. The molecule has 21 heavy (non-hydrogen) atoms. The normalized spacial score (nSPS) is 10.0. The largest absolute Gasteiger partial charge is 0.497 e. The van der Waals surface area contributed by atoms with E-state index in [0.717, 1.165) is 0 Å². The van der Waals surface area contributed by atoms with Gasteiger partial charge in [0.15, 0.2) is 0 Å². The highest BCUT2D eigenvalue weighted by Crippen LogP contribution is 2.32. The van der Waals surface area contributed by atoms with Crippen LogP contribution in [-0.4, -0.2) is 20.2 Å². The van der Waals surface area contributed by atoms with Crippen LogP contribution in [0.15, 0.2) is 36.4 Å². The van der Waals surface area contributed by atoms with E-state index in [4.69, 9.17) is 22.1 Å². The number of halogens is 1. The minimum Gasteiger partial charge on any atom is -0.497 e. The second-order valence-electron chi connectivity index (χ2n) is 4.23. The van der Waals surface area contributed by atoms with E-state index in [1.54, 1.807) is 43.5 Å². The van der Waals surface area contributed by atoms with Crippen molar-refractivity contribution >= 4 is 34.6 Å². The van der Waals surface area contributed by atoms with Crippen LogP contribution in [0.2, 0.25) is 5.02 Å². The number of benzene rings is 2. The fourth-order valence-corrected chi connectivity index (χ4v) is 2.00. The van der Waals surface area contributed by atoms with Crippen molar-refractivity contribution in [1.82, 2.24) is 0 Å². The molecule has 0 spiro atoms. The summed E-state index contributed by atoms with van der Waals surface area (Å²) >= 11 is 6.13. The van der Waals surface area contributed by atoms with Crippen LogP contribution < -0.4 is 15.8 Å². The zero-order chi connectivity index (χ0) is 15.4. The van der Waals surface area contributed by atoms with Crippen molar-refractivity contribution in [3.63, 3.8) is 0 Å². The SMILES string of the molecule is COC(=O)c1cccc(Nc2cc(OC)ccc2Cl)c1N. The quantitative estimate of drug-likeness (QED) is 0.668. The summed E-state index contributed by atoms with van der Waals surface area (Å²) in [7, 11) is 2.88. The van der Waals surface area contributed by atoms with Gasteiger partial charge in [0.05, 0.1) is 41.9 Å². The number of para-hydroxylation sites is 1. The van der Waals surface area contributed by atoms with Crippen LogP contribution in [0.3, 0.4) is 0 Å². The lowest BCUT2D eigenvalue weighted by Crippen LogP contribution is -2.07. The van der Waals surface area contributed by atoms with Gasteiger partial charge in [-0.3, -0.25) is 0 Å². The van der Waals surface area contributed by atoms with Crippen molar-refractivity contribution in [2.24, 2.45) is 0 Å². The number of carbonyl (C=O) groups is 1.